The molecule has 0 aliphatic carbocycles. The van der Waals surface area contributed by atoms with E-state index in [1.807, 2.05) is 36.4 Å². The van der Waals surface area contributed by atoms with Crippen LogP contribution in [0.15, 0.2) is 66.9 Å². The van der Waals surface area contributed by atoms with Crippen LogP contribution in [0.2, 0.25) is 0 Å². The van der Waals surface area contributed by atoms with Crippen molar-refractivity contribution in [1.82, 2.24) is 9.97 Å². The summed E-state index contributed by atoms with van der Waals surface area (Å²) in [5.74, 6) is 0.180. The molecular weight excluding hydrogens is 359 g/mol. The highest BCUT2D eigenvalue weighted by atomic mass is 32.1. The maximum atomic E-state index is 13.3. The summed E-state index contributed by atoms with van der Waals surface area (Å²) in [6.07, 6.45) is 1.68. The van der Waals surface area contributed by atoms with Gasteiger partial charge in [0.2, 0.25) is 0 Å². The molecule has 0 aliphatic rings. The van der Waals surface area contributed by atoms with Crippen LogP contribution in [0, 0.1) is 5.82 Å². The molecule has 4 rings (SSSR count). The number of nitrogens with two attached hydrogens (primary N) is 2. The molecule has 6 heteroatoms. The van der Waals surface area contributed by atoms with Crippen LogP contribution in [0.3, 0.4) is 0 Å². The monoisotopic (exact) mass is 376 g/mol. The molecule has 0 amide bonds. The van der Waals surface area contributed by atoms with Crippen molar-refractivity contribution in [3.8, 4) is 32.3 Å². The van der Waals surface area contributed by atoms with Crippen LogP contribution in [0.25, 0.3) is 32.3 Å². The highest BCUT2D eigenvalue weighted by molar-refractivity contribution is 7.19. The number of aromatic nitrogens is 2. The lowest BCUT2D eigenvalue weighted by Gasteiger charge is -2.05. The zero-order valence-electron chi connectivity index (χ0n) is 14.4. The number of nitrogens with zero attached hydrogens (tertiary/aromatic N) is 2. The quantitative estimate of drug-likeness (QED) is 0.540. The smallest absolute Gasteiger partial charge is 0.124 e. The molecule has 0 bridgehead atoms. The molecule has 0 atom stereocenters. The molecule has 4 nitrogen and oxygen atoms in total. The van der Waals surface area contributed by atoms with Gasteiger partial charge in [0.25, 0.3) is 0 Å². The summed E-state index contributed by atoms with van der Waals surface area (Å²) in [4.78, 5) is 9.91. The SMILES string of the molecule is NCc1cccc(-c2nc(-c3ccc(F)cc3)sc2-c2ccnc(N)c2)c1. The molecule has 0 saturated carbocycles. The van der Waals surface area contributed by atoms with Gasteiger partial charge in [-0.25, -0.2) is 14.4 Å². The van der Waals surface area contributed by atoms with Crippen molar-refractivity contribution in [3.63, 3.8) is 0 Å². The first-order valence-corrected chi connectivity index (χ1v) is 9.24. The van der Waals surface area contributed by atoms with E-state index in [1.165, 1.54) is 12.1 Å². The predicted octanol–water partition coefficient (Wildman–Crippen LogP) is 4.72. The largest absolute Gasteiger partial charge is 0.384 e. The molecule has 2 aromatic heterocycles. The van der Waals surface area contributed by atoms with Gasteiger partial charge in [0, 0.05) is 23.9 Å². The number of anilines is 1. The molecule has 0 aliphatic heterocycles. The Morgan fingerprint density at radius 2 is 1.74 bits per heavy atom. The molecule has 0 radical (unpaired) electrons. The van der Waals surface area contributed by atoms with Crippen molar-refractivity contribution in [2.75, 3.05) is 5.73 Å². The van der Waals surface area contributed by atoms with Crippen LogP contribution in [-0.4, -0.2) is 9.97 Å². The average Bonchev–Trinajstić information content (AvgIpc) is 3.14. The summed E-state index contributed by atoms with van der Waals surface area (Å²) in [6, 6.07) is 18.1. The summed E-state index contributed by atoms with van der Waals surface area (Å²) in [6.45, 7) is 0.459. The maximum Gasteiger partial charge on any atom is 0.124 e. The number of thiazole rings is 1. The van der Waals surface area contributed by atoms with E-state index >= 15 is 0 Å². The van der Waals surface area contributed by atoms with Crippen molar-refractivity contribution in [3.05, 3.63) is 78.2 Å². The van der Waals surface area contributed by atoms with Crippen molar-refractivity contribution in [2.24, 2.45) is 5.73 Å². The predicted molar refractivity (Wildman–Crippen MR) is 108 cm³/mol. The Hall–Kier alpha value is -3.09. The second-order valence-electron chi connectivity index (χ2n) is 6.08. The van der Waals surface area contributed by atoms with Crippen molar-refractivity contribution < 1.29 is 4.39 Å². The number of halogens is 1. The molecule has 0 saturated heterocycles. The molecule has 2 aromatic carbocycles. The fourth-order valence-electron chi connectivity index (χ4n) is 2.86. The Morgan fingerprint density at radius 3 is 2.48 bits per heavy atom. The van der Waals surface area contributed by atoms with Crippen LogP contribution in [-0.2, 0) is 6.54 Å². The lowest BCUT2D eigenvalue weighted by molar-refractivity contribution is 0.628. The van der Waals surface area contributed by atoms with Gasteiger partial charge >= 0.3 is 0 Å². The first kappa shape index (κ1) is 17.3. The third kappa shape index (κ3) is 3.58. The van der Waals surface area contributed by atoms with Crippen LogP contribution in [0.1, 0.15) is 5.56 Å². The van der Waals surface area contributed by atoms with Crippen molar-refractivity contribution in [1.29, 1.82) is 0 Å². The summed E-state index contributed by atoms with van der Waals surface area (Å²) in [5, 5.41) is 0.813. The molecule has 0 fully saturated rings. The Kier molecular flexibility index (Phi) is 4.66. The van der Waals surface area contributed by atoms with Crippen molar-refractivity contribution in [2.45, 2.75) is 6.54 Å². The van der Waals surface area contributed by atoms with Gasteiger partial charge in [0.05, 0.1) is 10.6 Å². The van der Waals surface area contributed by atoms with Gasteiger partial charge in [-0.3, -0.25) is 0 Å². The molecule has 4 N–H and O–H groups in total. The Labute approximate surface area is 160 Å². The molecule has 27 heavy (non-hydrogen) atoms. The summed E-state index contributed by atoms with van der Waals surface area (Å²) in [7, 11) is 0. The lowest BCUT2D eigenvalue weighted by Crippen LogP contribution is -1.96. The Morgan fingerprint density at radius 1 is 0.926 bits per heavy atom. The van der Waals surface area contributed by atoms with E-state index in [0.29, 0.717) is 12.4 Å². The molecule has 134 valence electrons. The van der Waals surface area contributed by atoms with Gasteiger partial charge in [-0.05, 0) is 53.6 Å². The van der Waals surface area contributed by atoms with Gasteiger partial charge in [-0.2, -0.15) is 0 Å². The van der Waals surface area contributed by atoms with Gasteiger partial charge in [-0.15, -0.1) is 11.3 Å². The number of hydrogen-bond donors (Lipinski definition) is 2. The number of benzene rings is 2. The minimum Gasteiger partial charge on any atom is -0.384 e. The minimum atomic E-state index is -0.270. The molecule has 2 heterocycles. The first-order chi connectivity index (χ1) is 13.1. The summed E-state index contributed by atoms with van der Waals surface area (Å²) in [5.41, 5.74) is 16.3. The second-order valence-corrected chi connectivity index (χ2v) is 7.08. The van der Waals surface area contributed by atoms with E-state index in [0.717, 1.165) is 37.8 Å². The normalized spacial score (nSPS) is 10.9. The average molecular weight is 376 g/mol. The standard InChI is InChI=1S/C21H17FN4S/c22-17-6-4-14(5-7-17)21-26-19(15-3-1-2-13(10-15)12-23)20(27-21)16-8-9-25-18(24)11-16/h1-11H,12,23H2,(H2,24,25). The van der Waals surface area contributed by atoms with Crippen molar-refractivity contribution >= 4 is 17.2 Å². The summed E-state index contributed by atoms with van der Waals surface area (Å²) < 4.78 is 13.3. The topological polar surface area (TPSA) is 77.8 Å². The fourth-order valence-corrected chi connectivity index (χ4v) is 3.95. The third-order valence-corrected chi connectivity index (χ3v) is 5.35. The van der Waals surface area contributed by atoms with E-state index < -0.39 is 0 Å². The number of nitrogen functional groups attached to an aromatic ring is 1. The maximum absolute atomic E-state index is 13.3. The Bertz CT molecular complexity index is 1090. The van der Waals surface area contributed by atoms with Gasteiger partial charge in [-0.1, -0.05) is 18.2 Å². The highest BCUT2D eigenvalue weighted by Crippen LogP contribution is 2.41. The lowest BCUT2D eigenvalue weighted by atomic mass is 10.0. The van der Waals surface area contributed by atoms with Gasteiger partial charge in [0.1, 0.15) is 16.6 Å². The Balaban J connectivity index is 1.90. The van der Waals surface area contributed by atoms with E-state index in [2.05, 4.69) is 4.98 Å². The fraction of sp³-hybridized carbons (Fsp3) is 0.0476. The van der Waals surface area contributed by atoms with Gasteiger partial charge in [0.15, 0.2) is 0 Å². The van der Waals surface area contributed by atoms with E-state index in [4.69, 9.17) is 16.5 Å². The third-order valence-electron chi connectivity index (χ3n) is 4.20. The van der Waals surface area contributed by atoms with E-state index in [1.54, 1.807) is 29.7 Å². The van der Waals surface area contributed by atoms with Crippen LogP contribution in [0.4, 0.5) is 10.2 Å². The number of rotatable bonds is 4. The van der Waals surface area contributed by atoms with Crippen LogP contribution < -0.4 is 11.5 Å². The zero-order valence-corrected chi connectivity index (χ0v) is 15.2. The first-order valence-electron chi connectivity index (χ1n) is 8.42. The van der Waals surface area contributed by atoms with Crippen LogP contribution in [0.5, 0.6) is 0 Å². The summed E-state index contributed by atoms with van der Waals surface area (Å²) >= 11 is 1.54. The minimum absolute atomic E-state index is 0.270. The zero-order chi connectivity index (χ0) is 18.8. The van der Waals surface area contributed by atoms with E-state index in [9.17, 15) is 4.39 Å². The van der Waals surface area contributed by atoms with Crippen LogP contribution >= 0.6 is 11.3 Å². The molecular formula is C21H17FN4S. The molecule has 0 unspecified atom stereocenters. The molecule has 4 aromatic rings. The molecule has 0 spiro atoms. The van der Waals surface area contributed by atoms with Gasteiger partial charge < -0.3 is 11.5 Å². The van der Waals surface area contributed by atoms with E-state index in [-0.39, 0.29) is 5.82 Å². The highest BCUT2D eigenvalue weighted by Gasteiger charge is 2.17. The second kappa shape index (κ2) is 7.26. The number of pyridine rings is 1. The number of hydrogen-bond acceptors (Lipinski definition) is 5.